The second-order valence-electron chi connectivity index (χ2n) is 9.95. The van der Waals surface area contributed by atoms with Gasteiger partial charge in [0.05, 0.1) is 21.4 Å². The molecule has 5 rings (SSSR count). The van der Waals surface area contributed by atoms with Gasteiger partial charge < -0.3 is 10.2 Å². The summed E-state index contributed by atoms with van der Waals surface area (Å²) in [6.07, 6.45) is 0. The van der Waals surface area contributed by atoms with Gasteiger partial charge >= 0.3 is 11.9 Å². The molecule has 1 saturated heterocycles. The van der Waals surface area contributed by atoms with Gasteiger partial charge in [-0.15, -0.1) is 11.3 Å². The predicted molar refractivity (Wildman–Crippen MR) is 146 cm³/mol. The zero-order valence-electron chi connectivity index (χ0n) is 20.6. The van der Waals surface area contributed by atoms with Gasteiger partial charge in [0.1, 0.15) is 11.8 Å². The molecule has 0 saturated carbocycles. The number of thiazole rings is 1. The maximum absolute atomic E-state index is 13.5. The Labute approximate surface area is 221 Å². The maximum Gasteiger partial charge on any atom is 0.335 e. The molecule has 1 amide bonds. The number of aliphatic hydroxyl groups excluding tert-OH is 1. The Morgan fingerprint density at radius 2 is 1.81 bits per heavy atom. The molecule has 1 aliphatic rings. The first-order valence-corrected chi connectivity index (χ1v) is 13.3. The van der Waals surface area contributed by atoms with Crippen LogP contribution in [-0.4, -0.2) is 32.9 Å². The van der Waals surface area contributed by atoms with Crippen LogP contribution in [0, 0.1) is 6.92 Å². The third-order valence-corrected chi connectivity index (χ3v) is 8.39. The van der Waals surface area contributed by atoms with Crippen molar-refractivity contribution >= 4 is 61.4 Å². The molecule has 9 heteroatoms. The number of hydrogen-bond acceptors (Lipinski definition) is 7. The zero-order chi connectivity index (χ0) is 26.6. The molecule has 1 unspecified atom stereocenters. The van der Waals surface area contributed by atoms with Gasteiger partial charge in [0.2, 0.25) is 0 Å². The number of aliphatic hydroxyl groups is 1. The van der Waals surface area contributed by atoms with E-state index in [-0.39, 0.29) is 27.4 Å². The van der Waals surface area contributed by atoms with Crippen LogP contribution < -0.4 is 4.90 Å². The summed E-state index contributed by atoms with van der Waals surface area (Å²) in [5.41, 5.74) is 2.72. The minimum Gasteiger partial charge on any atom is -0.507 e. The molecule has 37 heavy (non-hydrogen) atoms. The van der Waals surface area contributed by atoms with Crippen molar-refractivity contribution in [3.05, 3.63) is 86.6 Å². The van der Waals surface area contributed by atoms with Gasteiger partial charge in [0.15, 0.2) is 5.13 Å². The Balaban J connectivity index is 1.71. The molecule has 0 aliphatic carbocycles. The number of carbonyl (C=O) groups excluding carboxylic acids is 2. The second-order valence-corrected chi connectivity index (χ2v) is 11.9. The Bertz CT molecular complexity index is 1610. The van der Waals surface area contributed by atoms with Crippen molar-refractivity contribution < 1.29 is 24.6 Å². The van der Waals surface area contributed by atoms with E-state index in [1.54, 1.807) is 6.07 Å². The number of hydrogen-bond donors (Lipinski definition) is 2. The number of ketones is 1. The smallest absolute Gasteiger partial charge is 0.335 e. The lowest BCUT2D eigenvalue weighted by atomic mass is 9.84. The van der Waals surface area contributed by atoms with E-state index >= 15 is 0 Å². The van der Waals surface area contributed by atoms with Crippen molar-refractivity contribution in [2.45, 2.75) is 39.2 Å². The molecular weight excluding hydrogens is 508 g/mol. The summed E-state index contributed by atoms with van der Waals surface area (Å²) in [7, 11) is 0. The van der Waals surface area contributed by atoms with Gasteiger partial charge in [-0.3, -0.25) is 14.5 Å². The molecule has 2 N–H and O–H groups in total. The van der Waals surface area contributed by atoms with Crippen LogP contribution in [0.3, 0.4) is 0 Å². The normalized spacial score (nSPS) is 17.6. The maximum atomic E-state index is 13.5. The molecule has 2 aromatic heterocycles. The van der Waals surface area contributed by atoms with E-state index in [9.17, 15) is 24.6 Å². The summed E-state index contributed by atoms with van der Waals surface area (Å²) in [4.78, 5) is 44.9. The number of aromatic carboxylic acids is 1. The summed E-state index contributed by atoms with van der Waals surface area (Å²) >= 11 is 2.50. The number of nitrogens with zero attached hydrogens (tertiary/aromatic N) is 2. The lowest BCUT2D eigenvalue weighted by Crippen LogP contribution is -2.28. The highest BCUT2D eigenvalue weighted by atomic mass is 32.1. The van der Waals surface area contributed by atoms with E-state index < -0.39 is 23.7 Å². The van der Waals surface area contributed by atoms with Gasteiger partial charge in [0.25, 0.3) is 5.78 Å². The number of aromatic nitrogens is 1. The van der Waals surface area contributed by atoms with Crippen molar-refractivity contribution in [3.8, 4) is 0 Å². The molecular formula is C28H24N2O5S2. The van der Waals surface area contributed by atoms with Crippen LogP contribution in [0.25, 0.3) is 16.0 Å². The number of carboxylic acids is 1. The highest BCUT2D eigenvalue weighted by Crippen LogP contribution is 2.46. The highest BCUT2D eigenvalue weighted by molar-refractivity contribution is 7.22. The monoisotopic (exact) mass is 532 g/mol. The minimum atomic E-state index is -1.07. The van der Waals surface area contributed by atoms with Crippen molar-refractivity contribution in [1.82, 2.24) is 4.98 Å². The van der Waals surface area contributed by atoms with Crippen molar-refractivity contribution in [2.24, 2.45) is 0 Å². The largest absolute Gasteiger partial charge is 0.507 e. The van der Waals surface area contributed by atoms with Crippen LogP contribution in [-0.2, 0) is 15.0 Å². The summed E-state index contributed by atoms with van der Waals surface area (Å²) in [6.45, 7) is 8.05. The molecule has 1 aliphatic heterocycles. The van der Waals surface area contributed by atoms with Gasteiger partial charge in [0, 0.05) is 10.4 Å². The van der Waals surface area contributed by atoms with Crippen LogP contribution in [0.2, 0.25) is 0 Å². The van der Waals surface area contributed by atoms with E-state index in [1.807, 2.05) is 42.6 Å². The van der Waals surface area contributed by atoms with Crippen LogP contribution in [0.5, 0.6) is 0 Å². The summed E-state index contributed by atoms with van der Waals surface area (Å²) in [5.74, 6) is -2.87. The fraction of sp³-hybridized carbons (Fsp3) is 0.214. The molecule has 188 valence electrons. The molecule has 1 atom stereocenters. The van der Waals surface area contributed by atoms with Gasteiger partial charge in [-0.25, -0.2) is 9.78 Å². The predicted octanol–water partition coefficient (Wildman–Crippen LogP) is 6.29. The Kier molecular flexibility index (Phi) is 6.00. The quantitative estimate of drug-likeness (QED) is 0.182. The number of carboxylic acid groups (broad SMARTS) is 1. The fourth-order valence-corrected chi connectivity index (χ4v) is 6.24. The van der Waals surface area contributed by atoms with Crippen molar-refractivity contribution in [2.75, 3.05) is 4.90 Å². The average Bonchev–Trinajstić information content (AvgIpc) is 3.56. The average molecular weight is 533 g/mol. The summed E-state index contributed by atoms with van der Waals surface area (Å²) in [6, 6.07) is 13.1. The van der Waals surface area contributed by atoms with Gasteiger partial charge in [-0.1, -0.05) is 50.3 Å². The first kappa shape index (κ1) is 24.9. The number of rotatable bonds is 4. The second kappa shape index (κ2) is 8.93. The standard InChI is InChI=1S/C28H24N2O5S2/c1-14-7-9-16(28(2,3)4)13-17(14)23(31)21-22(19-6-5-11-36-19)30(25(33)24(21)32)27-29-18-10-8-15(26(34)35)12-20(18)37-27/h5-13,22,31H,1-4H3,(H,34,35)/b23-21+. The number of benzene rings is 2. The topological polar surface area (TPSA) is 108 Å². The Hall–Kier alpha value is -3.82. The van der Waals surface area contributed by atoms with Crippen LogP contribution in [0.15, 0.2) is 59.5 Å². The third-order valence-electron chi connectivity index (χ3n) is 6.45. The molecule has 1 fully saturated rings. The number of fused-ring (bicyclic) bond motifs is 1. The lowest BCUT2D eigenvalue weighted by molar-refractivity contribution is -0.132. The number of carbonyl (C=O) groups is 3. The molecule has 0 spiro atoms. The summed E-state index contributed by atoms with van der Waals surface area (Å²) < 4.78 is 0.579. The number of anilines is 1. The van der Waals surface area contributed by atoms with E-state index in [0.717, 1.165) is 22.5 Å². The van der Waals surface area contributed by atoms with Crippen LogP contribution in [0.1, 0.15) is 58.7 Å². The third kappa shape index (κ3) is 4.24. The molecule has 2 aromatic carbocycles. The molecule has 3 heterocycles. The number of amides is 1. The number of aryl methyl sites for hydroxylation is 1. The fourth-order valence-electron chi connectivity index (χ4n) is 4.38. The number of Topliss-reactive ketones (excluding diaryl/α,β-unsaturated/α-hetero) is 1. The molecule has 0 bridgehead atoms. The first-order chi connectivity index (χ1) is 17.5. The van der Waals surface area contributed by atoms with E-state index in [0.29, 0.717) is 20.7 Å². The Morgan fingerprint density at radius 1 is 1.05 bits per heavy atom. The molecule has 7 nitrogen and oxygen atoms in total. The zero-order valence-corrected chi connectivity index (χ0v) is 22.2. The number of thiophene rings is 1. The van der Waals surface area contributed by atoms with Gasteiger partial charge in [-0.05, 0) is 59.2 Å². The minimum absolute atomic E-state index is 0.00657. The van der Waals surface area contributed by atoms with E-state index in [4.69, 9.17) is 0 Å². The van der Waals surface area contributed by atoms with E-state index in [2.05, 4.69) is 25.8 Å². The van der Waals surface area contributed by atoms with Crippen molar-refractivity contribution in [3.63, 3.8) is 0 Å². The van der Waals surface area contributed by atoms with E-state index in [1.165, 1.54) is 28.4 Å². The Morgan fingerprint density at radius 3 is 2.46 bits per heavy atom. The van der Waals surface area contributed by atoms with Crippen molar-refractivity contribution in [1.29, 1.82) is 0 Å². The highest BCUT2D eigenvalue weighted by Gasteiger charge is 2.48. The lowest BCUT2D eigenvalue weighted by Gasteiger charge is -2.23. The molecule has 4 aromatic rings. The SMILES string of the molecule is Cc1ccc(C(C)(C)C)cc1/C(O)=C1\C(=O)C(=O)N(c2nc3ccc(C(=O)O)cc3s2)C1c1cccs1. The first-order valence-electron chi connectivity index (χ1n) is 11.6. The van der Waals surface area contributed by atoms with Crippen LogP contribution in [0.4, 0.5) is 5.13 Å². The molecule has 0 radical (unpaired) electrons. The van der Waals surface area contributed by atoms with Gasteiger partial charge in [-0.2, -0.15) is 0 Å². The van der Waals surface area contributed by atoms with Crippen LogP contribution >= 0.6 is 22.7 Å². The summed E-state index contributed by atoms with van der Waals surface area (Å²) in [5, 5.41) is 23.0.